The molecule has 0 saturated heterocycles. The molecule has 0 spiro atoms. The summed E-state index contributed by atoms with van der Waals surface area (Å²) in [5, 5.41) is 0. The van der Waals surface area contributed by atoms with Crippen molar-refractivity contribution in [3.63, 3.8) is 0 Å². The Morgan fingerprint density at radius 3 is 3.00 bits per heavy atom. The van der Waals surface area contributed by atoms with Gasteiger partial charge in [-0.15, -0.1) is 0 Å². The summed E-state index contributed by atoms with van der Waals surface area (Å²) in [5.41, 5.74) is 0. The van der Waals surface area contributed by atoms with Crippen LogP contribution in [-0.4, -0.2) is 5.78 Å². The second-order valence-corrected chi connectivity index (χ2v) is 2.63. The Morgan fingerprint density at radius 1 is 1.64 bits per heavy atom. The van der Waals surface area contributed by atoms with Gasteiger partial charge >= 0.3 is 0 Å². The highest BCUT2D eigenvalue weighted by Gasteiger charge is 1.96. The average molecular weight is 152 g/mol. The van der Waals surface area contributed by atoms with E-state index in [2.05, 4.69) is 0 Å². The minimum atomic E-state index is 0.247. The fourth-order valence-corrected chi connectivity index (χ4v) is 0.966. The number of hydrogen-bond acceptors (Lipinski definition) is 2. The molecule has 0 aliphatic heterocycles. The largest absolute Gasteiger partial charge is 0.469 e. The van der Waals surface area contributed by atoms with Crippen LogP contribution in [0.25, 0.3) is 0 Å². The van der Waals surface area contributed by atoms with Gasteiger partial charge in [-0.3, -0.25) is 0 Å². The molecule has 0 bridgehead atoms. The molecule has 0 unspecified atom stereocenters. The van der Waals surface area contributed by atoms with E-state index in [0.717, 1.165) is 18.6 Å². The highest BCUT2D eigenvalue weighted by molar-refractivity contribution is 5.75. The minimum Gasteiger partial charge on any atom is -0.469 e. The number of hydrogen-bond donors (Lipinski definition) is 0. The van der Waals surface area contributed by atoms with E-state index in [1.807, 2.05) is 12.1 Å². The maximum Gasteiger partial charge on any atom is 0.129 e. The van der Waals surface area contributed by atoms with Gasteiger partial charge in [0.05, 0.1) is 6.26 Å². The minimum absolute atomic E-state index is 0.247. The quantitative estimate of drug-likeness (QED) is 0.662. The van der Waals surface area contributed by atoms with Gasteiger partial charge in [0, 0.05) is 12.8 Å². The van der Waals surface area contributed by atoms with Crippen LogP contribution in [0.2, 0.25) is 0 Å². The molecule has 0 atom stereocenters. The zero-order valence-electron chi connectivity index (χ0n) is 6.67. The van der Waals surface area contributed by atoms with E-state index in [1.165, 1.54) is 0 Å². The van der Waals surface area contributed by atoms with Gasteiger partial charge in [0.2, 0.25) is 0 Å². The molecule has 11 heavy (non-hydrogen) atoms. The van der Waals surface area contributed by atoms with Crippen LogP contribution < -0.4 is 0 Å². The zero-order chi connectivity index (χ0) is 8.10. The summed E-state index contributed by atoms with van der Waals surface area (Å²) in [7, 11) is 0. The van der Waals surface area contributed by atoms with Crippen molar-refractivity contribution >= 4 is 5.78 Å². The van der Waals surface area contributed by atoms with Crippen LogP contribution in [0.5, 0.6) is 0 Å². The molecule has 1 aromatic heterocycles. The molecule has 0 N–H and O–H groups in total. The lowest BCUT2D eigenvalue weighted by Gasteiger charge is -1.93. The maximum atomic E-state index is 10.5. The van der Waals surface area contributed by atoms with E-state index >= 15 is 0 Å². The van der Waals surface area contributed by atoms with Crippen molar-refractivity contribution < 1.29 is 9.21 Å². The Morgan fingerprint density at radius 2 is 2.45 bits per heavy atom. The van der Waals surface area contributed by atoms with Gasteiger partial charge in [-0.2, -0.15) is 0 Å². The Hall–Kier alpha value is -1.05. The predicted octanol–water partition coefficient (Wildman–Crippen LogP) is 2.19. The zero-order valence-corrected chi connectivity index (χ0v) is 6.67. The van der Waals surface area contributed by atoms with Gasteiger partial charge in [0.25, 0.3) is 0 Å². The summed E-state index contributed by atoms with van der Waals surface area (Å²) in [5.74, 6) is 1.21. The third-order valence-electron chi connectivity index (χ3n) is 1.53. The smallest absolute Gasteiger partial charge is 0.129 e. The van der Waals surface area contributed by atoms with Crippen LogP contribution in [0.15, 0.2) is 22.8 Å². The lowest BCUT2D eigenvalue weighted by molar-refractivity contribution is -0.117. The number of carbonyl (C=O) groups excluding carboxylic acids is 1. The number of ketones is 1. The van der Waals surface area contributed by atoms with Crippen molar-refractivity contribution in [1.29, 1.82) is 0 Å². The topological polar surface area (TPSA) is 30.2 Å². The van der Waals surface area contributed by atoms with Gasteiger partial charge in [0.15, 0.2) is 0 Å². The van der Waals surface area contributed by atoms with Crippen molar-refractivity contribution in [2.45, 2.75) is 26.2 Å². The SMILES string of the molecule is CC(=O)CCCc1ccco1. The molecule has 0 aromatic carbocycles. The summed E-state index contributed by atoms with van der Waals surface area (Å²) in [6.07, 6.45) is 4.07. The number of furan rings is 1. The maximum absolute atomic E-state index is 10.5. The summed E-state index contributed by atoms with van der Waals surface area (Å²) >= 11 is 0. The lowest BCUT2D eigenvalue weighted by atomic mass is 10.1. The highest BCUT2D eigenvalue weighted by Crippen LogP contribution is 2.05. The van der Waals surface area contributed by atoms with Crippen LogP contribution >= 0.6 is 0 Å². The Bertz CT molecular complexity index is 211. The number of carbonyl (C=O) groups is 1. The molecule has 0 fully saturated rings. The number of Topliss-reactive ketones (excluding diaryl/α,β-unsaturated/α-hetero) is 1. The van der Waals surface area contributed by atoms with E-state index in [0.29, 0.717) is 6.42 Å². The fraction of sp³-hybridized carbons (Fsp3) is 0.444. The molecule has 0 amide bonds. The molecule has 1 rings (SSSR count). The van der Waals surface area contributed by atoms with Crippen LogP contribution in [0.4, 0.5) is 0 Å². The van der Waals surface area contributed by atoms with E-state index in [9.17, 15) is 4.79 Å². The van der Waals surface area contributed by atoms with Gasteiger partial charge in [-0.05, 0) is 25.5 Å². The molecule has 0 aliphatic carbocycles. The fourth-order valence-electron chi connectivity index (χ4n) is 0.966. The average Bonchev–Trinajstić information content (AvgIpc) is 2.39. The van der Waals surface area contributed by atoms with Crippen molar-refractivity contribution in [3.05, 3.63) is 24.2 Å². The molecular formula is C9H12O2. The van der Waals surface area contributed by atoms with Crippen LogP contribution in [0, 0.1) is 0 Å². The normalized spacial score (nSPS) is 9.91. The summed E-state index contributed by atoms with van der Waals surface area (Å²) in [4.78, 5) is 10.5. The standard InChI is InChI=1S/C9H12O2/c1-8(10)4-2-5-9-6-3-7-11-9/h3,6-7H,2,4-5H2,1H3. The van der Waals surface area contributed by atoms with Crippen LogP contribution in [0.1, 0.15) is 25.5 Å². The van der Waals surface area contributed by atoms with E-state index in [4.69, 9.17) is 4.42 Å². The third kappa shape index (κ3) is 3.03. The monoisotopic (exact) mass is 152 g/mol. The van der Waals surface area contributed by atoms with Gasteiger partial charge < -0.3 is 9.21 Å². The van der Waals surface area contributed by atoms with Gasteiger partial charge in [-0.1, -0.05) is 0 Å². The van der Waals surface area contributed by atoms with E-state index in [-0.39, 0.29) is 5.78 Å². The predicted molar refractivity (Wildman–Crippen MR) is 42.3 cm³/mol. The molecule has 0 radical (unpaired) electrons. The van der Waals surface area contributed by atoms with Crippen molar-refractivity contribution in [1.82, 2.24) is 0 Å². The second-order valence-electron chi connectivity index (χ2n) is 2.63. The molecule has 0 saturated carbocycles. The molecule has 1 heterocycles. The first-order chi connectivity index (χ1) is 5.29. The second kappa shape index (κ2) is 3.96. The van der Waals surface area contributed by atoms with E-state index < -0.39 is 0 Å². The Balaban J connectivity index is 2.19. The molecule has 2 heteroatoms. The lowest BCUT2D eigenvalue weighted by Crippen LogP contribution is -1.91. The highest BCUT2D eigenvalue weighted by atomic mass is 16.3. The molecule has 60 valence electrons. The molecule has 1 aromatic rings. The Kier molecular flexibility index (Phi) is 2.90. The van der Waals surface area contributed by atoms with Crippen molar-refractivity contribution in [2.24, 2.45) is 0 Å². The first kappa shape index (κ1) is 8.05. The van der Waals surface area contributed by atoms with Crippen molar-refractivity contribution in [2.75, 3.05) is 0 Å². The summed E-state index contributed by atoms with van der Waals surface area (Å²) in [6.45, 7) is 1.61. The third-order valence-corrected chi connectivity index (χ3v) is 1.53. The molecular weight excluding hydrogens is 140 g/mol. The first-order valence-corrected chi connectivity index (χ1v) is 3.81. The van der Waals surface area contributed by atoms with Crippen LogP contribution in [-0.2, 0) is 11.2 Å². The first-order valence-electron chi connectivity index (χ1n) is 3.81. The van der Waals surface area contributed by atoms with Gasteiger partial charge in [0.1, 0.15) is 11.5 Å². The molecule has 2 nitrogen and oxygen atoms in total. The molecule has 0 aliphatic rings. The number of aryl methyl sites for hydroxylation is 1. The summed E-state index contributed by atoms with van der Waals surface area (Å²) in [6, 6.07) is 3.79. The Labute approximate surface area is 66.2 Å². The van der Waals surface area contributed by atoms with Crippen LogP contribution in [0.3, 0.4) is 0 Å². The van der Waals surface area contributed by atoms with Gasteiger partial charge in [-0.25, -0.2) is 0 Å². The summed E-state index contributed by atoms with van der Waals surface area (Å²) < 4.78 is 5.10. The van der Waals surface area contributed by atoms with Crippen molar-refractivity contribution in [3.8, 4) is 0 Å². The number of rotatable bonds is 4. The van der Waals surface area contributed by atoms with E-state index in [1.54, 1.807) is 13.2 Å².